The summed E-state index contributed by atoms with van der Waals surface area (Å²) in [7, 11) is 0. The maximum Gasteiger partial charge on any atom is 0.164 e. The second-order valence-electron chi connectivity index (χ2n) is 9.97. The zero-order chi connectivity index (χ0) is 24.6. The lowest BCUT2D eigenvalue weighted by atomic mass is 9.57. The number of carbonyl (C=O) groups excluding carboxylic acids is 4. The maximum atomic E-state index is 13.8. The van der Waals surface area contributed by atoms with Crippen molar-refractivity contribution >= 4 is 34.7 Å². The normalized spacial score (nSPS) is 20.5. The second kappa shape index (κ2) is 12.6. The number of ketones is 4. The van der Waals surface area contributed by atoms with E-state index in [0.29, 0.717) is 36.6 Å². The Morgan fingerprint density at radius 1 is 0.970 bits per heavy atom. The molecule has 1 aromatic rings. The number of carbonyl (C=O) groups is 4. The van der Waals surface area contributed by atoms with Gasteiger partial charge in [-0.3, -0.25) is 19.2 Å². The highest BCUT2D eigenvalue weighted by Crippen LogP contribution is 2.44. The van der Waals surface area contributed by atoms with Crippen LogP contribution in [0.3, 0.4) is 0 Å². The third-order valence-corrected chi connectivity index (χ3v) is 7.24. The van der Waals surface area contributed by atoms with Crippen LogP contribution >= 0.6 is 11.6 Å². The molecular weight excluding hydrogens is 436 g/mol. The van der Waals surface area contributed by atoms with E-state index in [9.17, 15) is 19.2 Å². The summed E-state index contributed by atoms with van der Waals surface area (Å²) < 4.78 is 0. The topological polar surface area (TPSA) is 68.3 Å². The van der Waals surface area contributed by atoms with Crippen LogP contribution in [-0.2, 0) is 25.6 Å². The lowest BCUT2D eigenvalue weighted by Crippen LogP contribution is -2.58. The van der Waals surface area contributed by atoms with Crippen molar-refractivity contribution in [3.63, 3.8) is 0 Å². The molecule has 0 amide bonds. The van der Waals surface area contributed by atoms with Crippen LogP contribution in [0, 0.1) is 23.2 Å². The Morgan fingerprint density at radius 3 is 2.06 bits per heavy atom. The Morgan fingerprint density at radius 2 is 1.55 bits per heavy atom. The van der Waals surface area contributed by atoms with Crippen molar-refractivity contribution < 1.29 is 19.2 Å². The van der Waals surface area contributed by atoms with Gasteiger partial charge < -0.3 is 0 Å². The quantitative estimate of drug-likeness (QED) is 0.302. The van der Waals surface area contributed by atoms with E-state index in [-0.39, 0.29) is 18.0 Å². The molecule has 2 atom stereocenters. The number of unbranched alkanes of at least 4 members (excludes halogenated alkanes) is 2. The first-order valence-corrected chi connectivity index (χ1v) is 12.9. The molecule has 0 bridgehead atoms. The minimum absolute atomic E-state index is 0.104. The highest BCUT2D eigenvalue weighted by atomic mass is 35.5. The van der Waals surface area contributed by atoms with Crippen molar-refractivity contribution in [1.29, 1.82) is 0 Å². The summed E-state index contributed by atoms with van der Waals surface area (Å²) in [6.07, 6.45) is 5.74. The van der Waals surface area contributed by atoms with Crippen molar-refractivity contribution in [3.05, 3.63) is 34.9 Å². The molecule has 0 radical (unpaired) electrons. The van der Waals surface area contributed by atoms with Gasteiger partial charge in [0.1, 0.15) is 5.92 Å². The molecule has 0 aromatic heterocycles. The number of halogens is 1. The van der Waals surface area contributed by atoms with Crippen molar-refractivity contribution in [2.75, 3.05) is 0 Å². The Kier molecular flexibility index (Phi) is 10.5. The molecule has 1 aromatic carbocycles. The molecule has 1 fully saturated rings. The Balaban J connectivity index is 2.37. The van der Waals surface area contributed by atoms with Crippen LogP contribution in [0.1, 0.15) is 91.0 Å². The minimum Gasteiger partial charge on any atom is -0.298 e. The zero-order valence-corrected chi connectivity index (χ0v) is 21.4. The van der Waals surface area contributed by atoms with Gasteiger partial charge in [-0.25, -0.2) is 0 Å². The van der Waals surface area contributed by atoms with Gasteiger partial charge in [-0.05, 0) is 55.7 Å². The maximum absolute atomic E-state index is 13.8. The summed E-state index contributed by atoms with van der Waals surface area (Å²) in [6.45, 7) is 8.17. The predicted molar refractivity (Wildman–Crippen MR) is 132 cm³/mol. The van der Waals surface area contributed by atoms with Gasteiger partial charge >= 0.3 is 0 Å². The molecule has 0 saturated heterocycles. The Hall–Kier alpha value is -1.81. The molecule has 2 unspecified atom stereocenters. The van der Waals surface area contributed by atoms with Crippen LogP contribution in [0.25, 0.3) is 0 Å². The molecule has 182 valence electrons. The highest BCUT2D eigenvalue weighted by molar-refractivity contribution is 6.34. The first kappa shape index (κ1) is 27.4. The number of Topliss-reactive ketones (excluding diaryl/α,β-unsaturated/α-hetero) is 4. The highest BCUT2D eigenvalue weighted by Gasteiger charge is 2.59. The molecule has 1 aliphatic carbocycles. The van der Waals surface area contributed by atoms with Gasteiger partial charge in [0.15, 0.2) is 23.1 Å². The molecular formula is C28H39ClO4. The van der Waals surface area contributed by atoms with Crippen molar-refractivity contribution in [1.82, 2.24) is 0 Å². The zero-order valence-electron chi connectivity index (χ0n) is 20.6. The number of benzene rings is 1. The number of aryl methyl sites for hydroxylation is 1. The summed E-state index contributed by atoms with van der Waals surface area (Å²) in [5.74, 6) is -3.27. The van der Waals surface area contributed by atoms with Crippen molar-refractivity contribution in [3.8, 4) is 0 Å². The summed E-state index contributed by atoms with van der Waals surface area (Å²) in [5, 5.41) is 0.617. The van der Waals surface area contributed by atoms with E-state index < -0.39 is 28.8 Å². The lowest BCUT2D eigenvalue weighted by molar-refractivity contribution is -0.160. The molecule has 0 aliphatic heterocycles. The predicted octanol–water partition coefficient (Wildman–Crippen LogP) is 6.60. The molecule has 2 rings (SSSR count). The smallest absolute Gasteiger partial charge is 0.164 e. The minimum atomic E-state index is -1.30. The number of rotatable bonds is 13. The summed E-state index contributed by atoms with van der Waals surface area (Å²) in [4.78, 5) is 54.2. The molecule has 33 heavy (non-hydrogen) atoms. The standard InChI is InChI=1S/C28H39ClO4/c1-5-7-17-28(18-8-6-2)26(32)22(15-9-19(3)4)25(31)24(27(28)33)23(30)16-12-20-10-13-21(29)14-11-20/h10-11,13-14,19,22,24H,5-9,12,15-18H2,1-4H3. The molecule has 5 heteroatoms. The van der Waals surface area contributed by atoms with Crippen LogP contribution in [0.5, 0.6) is 0 Å². The van der Waals surface area contributed by atoms with Crippen molar-refractivity contribution in [2.24, 2.45) is 23.2 Å². The van der Waals surface area contributed by atoms with E-state index in [0.717, 1.165) is 37.7 Å². The molecule has 1 saturated carbocycles. The van der Waals surface area contributed by atoms with E-state index in [1.807, 2.05) is 26.0 Å². The third-order valence-electron chi connectivity index (χ3n) is 6.99. The lowest BCUT2D eigenvalue weighted by Gasteiger charge is -2.41. The molecule has 0 spiro atoms. The third kappa shape index (κ3) is 6.62. The van der Waals surface area contributed by atoms with E-state index in [2.05, 4.69) is 13.8 Å². The summed E-state index contributed by atoms with van der Waals surface area (Å²) in [6, 6.07) is 7.22. The van der Waals surface area contributed by atoms with E-state index in [1.165, 1.54) is 0 Å². The Labute approximate surface area is 203 Å². The monoisotopic (exact) mass is 474 g/mol. The average Bonchev–Trinajstić information content (AvgIpc) is 2.78. The Bertz CT molecular complexity index is 832. The van der Waals surface area contributed by atoms with Crippen LogP contribution in [-0.4, -0.2) is 23.1 Å². The SMILES string of the molecule is CCCCC1(CCCC)C(=O)C(CCC(C)C)C(=O)C(C(=O)CCc2ccc(Cl)cc2)C1=O. The molecule has 4 nitrogen and oxygen atoms in total. The molecule has 0 heterocycles. The molecule has 1 aliphatic rings. The number of hydrogen-bond donors (Lipinski definition) is 0. The van der Waals surface area contributed by atoms with E-state index in [4.69, 9.17) is 11.6 Å². The van der Waals surface area contributed by atoms with Crippen LogP contribution in [0.4, 0.5) is 0 Å². The van der Waals surface area contributed by atoms with Crippen LogP contribution < -0.4 is 0 Å². The number of hydrogen-bond acceptors (Lipinski definition) is 4. The van der Waals surface area contributed by atoms with Gasteiger partial charge in [0.25, 0.3) is 0 Å². The van der Waals surface area contributed by atoms with E-state index >= 15 is 0 Å². The van der Waals surface area contributed by atoms with Gasteiger partial charge in [0.05, 0.1) is 11.3 Å². The van der Waals surface area contributed by atoms with Gasteiger partial charge in [-0.2, -0.15) is 0 Å². The van der Waals surface area contributed by atoms with Gasteiger partial charge in [0, 0.05) is 11.4 Å². The largest absolute Gasteiger partial charge is 0.298 e. The summed E-state index contributed by atoms with van der Waals surface area (Å²) >= 11 is 5.94. The fourth-order valence-corrected chi connectivity index (χ4v) is 5.03. The fourth-order valence-electron chi connectivity index (χ4n) is 4.91. The van der Waals surface area contributed by atoms with Gasteiger partial charge in [-0.1, -0.05) is 77.1 Å². The van der Waals surface area contributed by atoms with Gasteiger partial charge in [-0.15, -0.1) is 0 Å². The van der Waals surface area contributed by atoms with Crippen molar-refractivity contribution in [2.45, 2.75) is 91.9 Å². The van der Waals surface area contributed by atoms with E-state index in [1.54, 1.807) is 12.1 Å². The van der Waals surface area contributed by atoms with Crippen LogP contribution in [0.2, 0.25) is 5.02 Å². The first-order valence-electron chi connectivity index (χ1n) is 12.6. The van der Waals surface area contributed by atoms with Crippen LogP contribution in [0.15, 0.2) is 24.3 Å². The average molecular weight is 475 g/mol. The molecule has 0 N–H and O–H groups in total. The van der Waals surface area contributed by atoms with Gasteiger partial charge in [0.2, 0.25) is 0 Å². The second-order valence-corrected chi connectivity index (χ2v) is 10.4. The summed E-state index contributed by atoms with van der Waals surface area (Å²) in [5.41, 5.74) is -0.263. The fraction of sp³-hybridized carbons (Fsp3) is 0.643. The first-order chi connectivity index (χ1) is 15.7.